The third kappa shape index (κ3) is 3.04. The Morgan fingerprint density at radius 1 is 1.31 bits per heavy atom. The fourth-order valence-corrected chi connectivity index (χ4v) is 3.88. The van der Waals surface area contributed by atoms with Crippen molar-refractivity contribution in [2.45, 2.75) is 19.4 Å². The van der Waals surface area contributed by atoms with Crippen molar-refractivity contribution in [1.82, 2.24) is 24.7 Å². The van der Waals surface area contributed by atoms with Gasteiger partial charge in [0.1, 0.15) is 23.5 Å². The summed E-state index contributed by atoms with van der Waals surface area (Å²) in [6.45, 7) is 6.97. The van der Waals surface area contributed by atoms with Gasteiger partial charge in [0.15, 0.2) is 0 Å². The number of rotatable bonds is 4. The Balaban J connectivity index is 1.60. The SMILES string of the molecule is C=C1C[C@@H](c2nc3ccc(OC)cc3[nH]2)N(c2cc(C)n[c]c2-n2cccn2)C1. The average Bonchev–Trinajstić information content (AvgIpc) is 3.46. The summed E-state index contributed by atoms with van der Waals surface area (Å²) in [5, 5.41) is 4.38. The molecule has 0 bridgehead atoms. The van der Waals surface area contributed by atoms with Crippen molar-refractivity contribution in [2.24, 2.45) is 0 Å². The molecule has 5 rings (SSSR count). The van der Waals surface area contributed by atoms with Gasteiger partial charge in [0.2, 0.25) is 0 Å². The summed E-state index contributed by atoms with van der Waals surface area (Å²) in [4.78, 5) is 15.0. The average molecular weight is 385 g/mol. The first-order chi connectivity index (χ1) is 14.1. The summed E-state index contributed by atoms with van der Waals surface area (Å²) in [5.74, 6) is 1.72. The first-order valence-electron chi connectivity index (χ1n) is 9.48. The van der Waals surface area contributed by atoms with Gasteiger partial charge in [-0.25, -0.2) is 14.6 Å². The number of aromatic amines is 1. The number of H-pyrrole nitrogens is 1. The minimum atomic E-state index is 0.0467. The van der Waals surface area contributed by atoms with Crippen LogP contribution in [0.3, 0.4) is 0 Å². The van der Waals surface area contributed by atoms with E-state index in [0.29, 0.717) is 0 Å². The fraction of sp³-hybridized carbons (Fsp3) is 0.227. The minimum absolute atomic E-state index is 0.0467. The number of nitrogens with zero attached hydrogens (tertiary/aromatic N) is 5. The lowest BCUT2D eigenvalue weighted by atomic mass is 10.1. The molecule has 1 aliphatic rings. The number of aromatic nitrogens is 5. The molecule has 0 aliphatic carbocycles. The summed E-state index contributed by atoms with van der Waals surface area (Å²) in [6, 6.07) is 9.89. The second kappa shape index (κ2) is 6.77. The minimum Gasteiger partial charge on any atom is -0.497 e. The van der Waals surface area contributed by atoms with Gasteiger partial charge in [-0.2, -0.15) is 5.10 Å². The molecule has 1 N–H and O–H groups in total. The van der Waals surface area contributed by atoms with E-state index < -0.39 is 0 Å². The van der Waals surface area contributed by atoms with E-state index in [2.05, 4.69) is 38.8 Å². The maximum atomic E-state index is 5.34. The number of hydrogen-bond acceptors (Lipinski definition) is 5. The molecule has 145 valence electrons. The van der Waals surface area contributed by atoms with Crippen LogP contribution in [-0.2, 0) is 0 Å². The quantitative estimate of drug-likeness (QED) is 0.542. The summed E-state index contributed by atoms with van der Waals surface area (Å²) >= 11 is 0. The number of pyridine rings is 1. The monoisotopic (exact) mass is 385 g/mol. The van der Waals surface area contributed by atoms with E-state index in [1.807, 2.05) is 37.4 Å². The third-order valence-corrected chi connectivity index (χ3v) is 5.24. The normalized spacial score (nSPS) is 16.7. The zero-order valence-corrected chi connectivity index (χ0v) is 16.4. The number of hydrogen-bond donors (Lipinski definition) is 1. The molecule has 1 aliphatic heterocycles. The molecule has 0 spiro atoms. The maximum absolute atomic E-state index is 5.34. The van der Waals surface area contributed by atoms with Crippen LogP contribution in [0.25, 0.3) is 16.7 Å². The molecule has 4 heterocycles. The molecule has 7 heteroatoms. The lowest BCUT2D eigenvalue weighted by molar-refractivity contribution is 0.415. The Bertz CT molecular complexity index is 1190. The largest absolute Gasteiger partial charge is 0.497 e. The van der Waals surface area contributed by atoms with Crippen LogP contribution in [-0.4, -0.2) is 38.4 Å². The molecule has 0 unspecified atom stereocenters. The van der Waals surface area contributed by atoms with Crippen LogP contribution in [0.2, 0.25) is 0 Å². The molecule has 7 nitrogen and oxygen atoms in total. The van der Waals surface area contributed by atoms with Gasteiger partial charge in [-0.1, -0.05) is 12.2 Å². The van der Waals surface area contributed by atoms with E-state index in [-0.39, 0.29) is 6.04 Å². The molecule has 1 radical (unpaired) electrons. The Labute approximate surface area is 168 Å². The van der Waals surface area contributed by atoms with Crippen LogP contribution in [0, 0.1) is 13.1 Å². The highest BCUT2D eigenvalue weighted by Crippen LogP contribution is 2.40. The molecule has 0 saturated carbocycles. The highest BCUT2D eigenvalue weighted by Gasteiger charge is 2.33. The van der Waals surface area contributed by atoms with E-state index >= 15 is 0 Å². The van der Waals surface area contributed by atoms with E-state index in [1.165, 1.54) is 0 Å². The first-order valence-corrected chi connectivity index (χ1v) is 9.48. The Kier molecular flexibility index (Phi) is 4.08. The first kappa shape index (κ1) is 17.5. The van der Waals surface area contributed by atoms with Gasteiger partial charge in [-0.05, 0) is 37.6 Å². The smallest absolute Gasteiger partial charge is 0.130 e. The van der Waals surface area contributed by atoms with E-state index in [0.717, 1.165) is 58.2 Å². The topological polar surface area (TPSA) is 71.9 Å². The van der Waals surface area contributed by atoms with Gasteiger partial charge in [0.25, 0.3) is 0 Å². The predicted molar refractivity (Wildman–Crippen MR) is 111 cm³/mol. The zero-order valence-electron chi connectivity index (χ0n) is 16.4. The molecule has 1 saturated heterocycles. The van der Waals surface area contributed by atoms with Crippen LogP contribution in [0.4, 0.5) is 5.69 Å². The number of ether oxygens (including phenoxy) is 1. The van der Waals surface area contributed by atoms with Crippen molar-refractivity contribution in [3.8, 4) is 11.4 Å². The van der Waals surface area contributed by atoms with Gasteiger partial charge in [-0.3, -0.25) is 0 Å². The van der Waals surface area contributed by atoms with Gasteiger partial charge < -0.3 is 14.6 Å². The fourth-order valence-electron chi connectivity index (χ4n) is 3.88. The highest BCUT2D eigenvalue weighted by molar-refractivity contribution is 5.77. The molecule has 1 atom stereocenters. The highest BCUT2D eigenvalue weighted by atomic mass is 16.5. The van der Waals surface area contributed by atoms with Crippen molar-refractivity contribution in [2.75, 3.05) is 18.6 Å². The molecule has 0 amide bonds. The summed E-state index contributed by atoms with van der Waals surface area (Å²) < 4.78 is 7.14. The number of fused-ring (bicyclic) bond motifs is 1. The van der Waals surface area contributed by atoms with Crippen LogP contribution >= 0.6 is 0 Å². The van der Waals surface area contributed by atoms with E-state index in [9.17, 15) is 0 Å². The molecule has 3 aromatic heterocycles. The van der Waals surface area contributed by atoms with E-state index in [4.69, 9.17) is 9.72 Å². The third-order valence-electron chi connectivity index (χ3n) is 5.24. The van der Waals surface area contributed by atoms with Crippen molar-refractivity contribution in [1.29, 1.82) is 0 Å². The number of benzene rings is 1. The molecule has 29 heavy (non-hydrogen) atoms. The lowest BCUT2D eigenvalue weighted by Crippen LogP contribution is -2.25. The number of methoxy groups -OCH3 is 1. The van der Waals surface area contributed by atoms with Gasteiger partial charge in [0.05, 0.1) is 29.9 Å². The Morgan fingerprint density at radius 3 is 3.00 bits per heavy atom. The second-order valence-corrected chi connectivity index (χ2v) is 7.30. The Morgan fingerprint density at radius 2 is 2.21 bits per heavy atom. The number of anilines is 1. The molecule has 1 fully saturated rings. The van der Waals surface area contributed by atoms with Crippen molar-refractivity contribution >= 4 is 16.7 Å². The molecular weight excluding hydrogens is 364 g/mol. The molecule has 1 aromatic carbocycles. The van der Waals surface area contributed by atoms with Crippen LogP contribution in [0.15, 0.2) is 54.9 Å². The summed E-state index contributed by atoms with van der Waals surface area (Å²) in [5.41, 5.74) is 5.78. The van der Waals surface area contributed by atoms with Gasteiger partial charge in [-0.15, -0.1) is 0 Å². The van der Waals surface area contributed by atoms with Crippen molar-refractivity contribution in [3.63, 3.8) is 0 Å². The van der Waals surface area contributed by atoms with Crippen LogP contribution in [0.5, 0.6) is 5.75 Å². The van der Waals surface area contributed by atoms with Gasteiger partial charge >= 0.3 is 0 Å². The number of nitrogens with one attached hydrogen (secondary N) is 1. The van der Waals surface area contributed by atoms with E-state index in [1.54, 1.807) is 18.0 Å². The predicted octanol–water partition coefficient (Wildman–Crippen LogP) is 3.77. The standard InChI is InChI=1S/C22H21N6O/c1-14-9-20(22-25-17-6-5-16(29-3)11-18(17)26-22)27(13-14)19-10-15(2)23-12-21(19)28-8-4-7-24-28/h4-8,10-11,20H,1,9,13H2,2-3H3,(H,25,26)/t20-/m0/s1. The lowest BCUT2D eigenvalue weighted by Gasteiger charge is -2.27. The molecule has 4 aromatic rings. The number of imidazole rings is 1. The summed E-state index contributed by atoms with van der Waals surface area (Å²) in [6.07, 6.45) is 7.63. The number of aryl methyl sites for hydroxylation is 1. The van der Waals surface area contributed by atoms with Gasteiger partial charge in [0, 0.05) is 30.7 Å². The molecular formula is C22H21N6O. The van der Waals surface area contributed by atoms with Crippen LogP contribution < -0.4 is 9.64 Å². The van der Waals surface area contributed by atoms with Crippen molar-refractivity contribution < 1.29 is 4.74 Å². The van der Waals surface area contributed by atoms with Crippen molar-refractivity contribution in [3.05, 3.63) is 72.6 Å². The second-order valence-electron chi connectivity index (χ2n) is 7.30. The van der Waals surface area contributed by atoms with Crippen LogP contribution in [0.1, 0.15) is 24.0 Å². The Hall–Kier alpha value is -3.61. The zero-order chi connectivity index (χ0) is 20.0. The maximum Gasteiger partial charge on any atom is 0.130 e. The summed E-state index contributed by atoms with van der Waals surface area (Å²) in [7, 11) is 1.67.